The van der Waals surface area contributed by atoms with Crippen LogP contribution in [0.25, 0.3) is 0 Å². The topological polar surface area (TPSA) is 135 Å². The summed E-state index contributed by atoms with van der Waals surface area (Å²) in [5.41, 5.74) is 1.30. The number of carboxylic acid groups (broad SMARTS) is 1. The molecule has 3 aromatic rings. The Bertz CT molecular complexity index is 1200. The molecule has 0 saturated carbocycles. The van der Waals surface area contributed by atoms with Crippen molar-refractivity contribution in [2.24, 2.45) is 0 Å². The number of hydrogen-bond acceptors (Lipinski definition) is 6. The van der Waals surface area contributed by atoms with E-state index in [4.69, 9.17) is 9.84 Å². The van der Waals surface area contributed by atoms with Crippen molar-refractivity contribution in [3.8, 4) is 0 Å². The number of aliphatic carboxylic acids is 1. The summed E-state index contributed by atoms with van der Waals surface area (Å²) in [6, 6.07) is 17.4. The van der Waals surface area contributed by atoms with Gasteiger partial charge in [0.25, 0.3) is 0 Å². The van der Waals surface area contributed by atoms with Crippen LogP contribution >= 0.6 is 15.9 Å². The number of halogens is 1. The number of hydrogen-bond donors (Lipinski definition) is 3. The maximum Gasteiger partial charge on any atom is 0.408 e. The lowest BCUT2D eigenvalue weighted by Gasteiger charge is -2.19. The maximum atomic E-state index is 13.0. The van der Waals surface area contributed by atoms with E-state index in [2.05, 4.69) is 31.5 Å². The van der Waals surface area contributed by atoms with Crippen molar-refractivity contribution in [3.63, 3.8) is 0 Å². The first-order valence-electron chi connectivity index (χ1n) is 10.6. The molecule has 0 unspecified atom stereocenters. The van der Waals surface area contributed by atoms with Gasteiger partial charge in [-0.3, -0.25) is 19.4 Å². The quantitative estimate of drug-likeness (QED) is 0.329. The number of pyridine rings is 1. The monoisotopic (exact) mass is 539 g/mol. The lowest BCUT2D eigenvalue weighted by atomic mass is 10.0. The number of rotatable bonds is 10. The van der Waals surface area contributed by atoms with Crippen molar-refractivity contribution in [1.82, 2.24) is 10.3 Å². The average molecular weight is 540 g/mol. The van der Waals surface area contributed by atoms with Crippen LogP contribution in [0.15, 0.2) is 77.4 Å². The van der Waals surface area contributed by atoms with Crippen LogP contribution in [0.1, 0.15) is 34.5 Å². The minimum absolute atomic E-state index is 0.0185. The van der Waals surface area contributed by atoms with Crippen molar-refractivity contribution >= 4 is 45.4 Å². The SMILES string of the molecule is O=C(O)CC[C@H](NC(=O)OCc1ccccc1)C(=O)Nc1ccc(Br)cc1C(=O)c1ccccn1. The van der Waals surface area contributed by atoms with Gasteiger partial charge in [0.15, 0.2) is 0 Å². The Morgan fingerprint density at radius 1 is 1.00 bits per heavy atom. The molecule has 1 aromatic heterocycles. The third-order valence-electron chi connectivity index (χ3n) is 4.85. The second kappa shape index (κ2) is 12.4. The first-order valence-corrected chi connectivity index (χ1v) is 11.4. The normalized spacial score (nSPS) is 11.2. The van der Waals surface area contributed by atoms with Gasteiger partial charge in [0.1, 0.15) is 18.3 Å². The molecule has 0 aliphatic carbocycles. The summed E-state index contributed by atoms with van der Waals surface area (Å²) in [5, 5.41) is 14.1. The van der Waals surface area contributed by atoms with Crippen molar-refractivity contribution in [1.29, 1.82) is 0 Å². The molecule has 0 radical (unpaired) electrons. The molecule has 2 aromatic carbocycles. The predicted molar refractivity (Wildman–Crippen MR) is 131 cm³/mol. The van der Waals surface area contributed by atoms with Crippen molar-refractivity contribution < 1.29 is 29.0 Å². The van der Waals surface area contributed by atoms with Gasteiger partial charge in [-0.15, -0.1) is 0 Å². The van der Waals surface area contributed by atoms with E-state index in [1.165, 1.54) is 12.3 Å². The first kappa shape index (κ1) is 25.6. The third-order valence-corrected chi connectivity index (χ3v) is 5.34. The van der Waals surface area contributed by atoms with Crippen LogP contribution in [-0.2, 0) is 20.9 Å². The van der Waals surface area contributed by atoms with Crippen LogP contribution in [0.5, 0.6) is 0 Å². The number of ketones is 1. The number of anilines is 1. The highest BCUT2D eigenvalue weighted by Crippen LogP contribution is 2.24. The average Bonchev–Trinajstić information content (AvgIpc) is 2.86. The summed E-state index contributed by atoms with van der Waals surface area (Å²) < 4.78 is 5.77. The Balaban J connectivity index is 1.75. The number of carbonyl (C=O) groups excluding carboxylic acids is 3. The molecule has 0 aliphatic rings. The summed E-state index contributed by atoms with van der Waals surface area (Å²) in [4.78, 5) is 53.4. The van der Waals surface area contributed by atoms with Gasteiger partial charge in [0, 0.05) is 22.7 Å². The highest BCUT2D eigenvalue weighted by molar-refractivity contribution is 9.10. The van der Waals surface area contributed by atoms with Gasteiger partial charge in [-0.2, -0.15) is 0 Å². The summed E-state index contributed by atoms with van der Waals surface area (Å²) in [6.45, 7) is -0.0185. The lowest BCUT2D eigenvalue weighted by molar-refractivity contribution is -0.137. The first-order chi connectivity index (χ1) is 16.8. The summed E-state index contributed by atoms with van der Waals surface area (Å²) in [6.07, 6.45) is 0.0646. The predicted octanol–water partition coefficient (Wildman–Crippen LogP) is 4.17. The second-order valence-electron chi connectivity index (χ2n) is 7.41. The fourth-order valence-electron chi connectivity index (χ4n) is 3.11. The number of carbonyl (C=O) groups is 4. The number of benzene rings is 2. The zero-order chi connectivity index (χ0) is 25.2. The van der Waals surface area contributed by atoms with Crippen molar-refractivity contribution in [3.05, 3.63) is 94.2 Å². The number of nitrogens with zero attached hydrogens (tertiary/aromatic N) is 1. The molecule has 3 rings (SSSR count). The van der Waals surface area contributed by atoms with Crippen LogP contribution in [0.2, 0.25) is 0 Å². The number of aromatic nitrogens is 1. The highest BCUT2D eigenvalue weighted by Gasteiger charge is 2.25. The molecule has 35 heavy (non-hydrogen) atoms. The molecule has 1 atom stereocenters. The van der Waals surface area contributed by atoms with Crippen LogP contribution < -0.4 is 10.6 Å². The molecule has 0 saturated heterocycles. The van der Waals surface area contributed by atoms with E-state index in [-0.39, 0.29) is 36.4 Å². The summed E-state index contributed by atoms with van der Waals surface area (Å²) in [7, 11) is 0. The fraction of sp³-hybridized carbons (Fsp3) is 0.160. The van der Waals surface area contributed by atoms with Gasteiger partial charge in [-0.25, -0.2) is 4.79 Å². The number of nitrogens with one attached hydrogen (secondary N) is 2. The Morgan fingerprint density at radius 3 is 2.43 bits per heavy atom. The zero-order valence-corrected chi connectivity index (χ0v) is 20.0. The number of carboxylic acids is 1. The molecule has 9 nitrogen and oxygen atoms in total. The van der Waals surface area contributed by atoms with Gasteiger partial charge in [0.2, 0.25) is 11.7 Å². The smallest absolute Gasteiger partial charge is 0.408 e. The Labute approximate surface area is 209 Å². The third kappa shape index (κ3) is 7.75. The molecular weight excluding hydrogens is 518 g/mol. The van der Waals surface area contributed by atoms with E-state index in [0.29, 0.717) is 4.47 Å². The Morgan fingerprint density at radius 2 is 1.74 bits per heavy atom. The van der Waals surface area contributed by atoms with E-state index < -0.39 is 29.8 Å². The molecule has 0 fully saturated rings. The standard InChI is InChI=1S/C25H22BrN3O6/c26-17-9-10-19(18(14-17)23(32)20-8-4-5-13-27-20)28-24(33)21(11-12-22(30)31)29-25(34)35-15-16-6-2-1-3-7-16/h1-10,13-14,21H,11-12,15H2,(H,28,33)(H,29,34)(H,30,31)/t21-/m0/s1. The molecule has 0 bridgehead atoms. The minimum Gasteiger partial charge on any atom is -0.481 e. The molecule has 10 heteroatoms. The van der Waals surface area contributed by atoms with Gasteiger partial charge in [0.05, 0.1) is 5.69 Å². The molecule has 1 heterocycles. The van der Waals surface area contributed by atoms with Gasteiger partial charge in [-0.05, 0) is 42.3 Å². The lowest BCUT2D eigenvalue weighted by Crippen LogP contribution is -2.44. The van der Waals surface area contributed by atoms with Crippen LogP contribution in [-0.4, -0.2) is 39.9 Å². The van der Waals surface area contributed by atoms with E-state index in [9.17, 15) is 19.2 Å². The minimum atomic E-state index is -1.21. The van der Waals surface area contributed by atoms with Gasteiger partial charge < -0.3 is 20.5 Å². The summed E-state index contributed by atoms with van der Waals surface area (Å²) >= 11 is 3.32. The summed E-state index contributed by atoms with van der Waals surface area (Å²) in [5.74, 6) is -2.24. The Hall–Kier alpha value is -4.05. The largest absolute Gasteiger partial charge is 0.481 e. The zero-order valence-electron chi connectivity index (χ0n) is 18.4. The van der Waals surface area contributed by atoms with Crippen LogP contribution in [0.4, 0.5) is 10.5 Å². The highest BCUT2D eigenvalue weighted by atomic mass is 79.9. The van der Waals surface area contributed by atoms with E-state index in [1.54, 1.807) is 54.6 Å². The maximum absolute atomic E-state index is 13.0. The molecule has 2 amide bonds. The van der Waals surface area contributed by atoms with Gasteiger partial charge >= 0.3 is 12.1 Å². The number of ether oxygens (including phenoxy) is 1. The number of alkyl carbamates (subject to hydrolysis) is 1. The second-order valence-corrected chi connectivity index (χ2v) is 8.33. The van der Waals surface area contributed by atoms with Crippen molar-refractivity contribution in [2.45, 2.75) is 25.5 Å². The fourth-order valence-corrected chi connectivity index (χ4v) is 3.47. The van der Waals surface area contributed by atoms with E-state index >= 15 is 0 Å². The molecule has 3 N–H and O–H groups in total. The van der Waals surface area contributed by atoms with E-state index in [0.717, 1.165) is 5.56 Å². The van der Waals surface area contributed by atoms with Crippen LogP contribution in [0, 0.1) is 0 Å². The van der Waals surface area contributed by atoms with Crippen LogP contribution in [0.3, 0.4) is 0 Å². The Kier molecular flexibility index (Phi) is 9.08. The molecule has 180 valence electrons. The van der Waals surface area contributed by atoms with Gasteiger partial charge in [-0.1, -0.05) is 52.3 Å². The van der Waals surface area contributed by atoms with E-state index in [1.807, 2.05) is 6.07 Å². The molecule has 0 spiro atoms. The number of amides is 2. The molecule has 0 aliphatic heterocycles. The van der Waals surface area contributed by atoms with Crippen molar-refractivity contribution in [2.75, 3.05) is 5.32 Å². The molecular formula is C25H22BrN3O6.